The predicted octanol–water partition coefficient (Wildman–Crippen LogP) is 2.52. The lowest BCUT2D eigenvalue weighted by molar-refractivity contribution is -0.118. The summed E-state index contributed by atoms with van der Waals surface area (Å²) >= 11 is 0. The summed E-state index contributed by atoms with van der Waals surface area (Å²) in [5, 5.41) is 21.4. The van der Waals surface area contributed by atoms with Crippen LogP contribution < -0.4 is 5.32 Å². The number of hydrogen-bond donors (Lipinski definition) is 3. The van der Waals surface area contributed by atoms with Crippen molar-refractivity contribution in [2.75, 3.05) is 18.2 Å². The Labute approximate surface area is 182 Å². The molecule has 3 rings (SSSR count). The van der Waals surface area contributed by atoms with Crippen LogP contribution >= 0.6 is 0 Å². The van der Waals surface area contributed by atoms with E-state index in [1.807, 2.05) is 0 Å². The number of rotatable bonds is 8. The average Bonchev–Trinajstić information content (AvgIpc) is 3.24. The van der Waals surface area contributed by atoms with Crippen LogP contribution in [0.25, 0.3) is 0 Å². The Kier molecular flexibility index (Phi) is 7.40. The first-order valence-corrected chi connectivity index (χ1v) is 12.3. The maximum absolute atomic E-state index is 13.2. The van der Waals surface area contributed by atoms with Gasteiger partial charge in [0.1, 0.15) is 6.10 Å². The number of nitrogens with zero attached hydrogens (tertiary/aromatic N) is 2. The second-order valence-electron chi connectivity index (χ2n) is 8.25. The quantitative estimate of drug-likeness (QED) is 0.567. The largest absolute Gasteiger partial charge is 0.393 e. The van der Waals surface area contributed by atoms with Crippen molar-refractivity contribution < 1.29 is 23.4 Å². The van der Waals surface area contributed by atoms with Crippen LogP contribution in [-0.2, 0) is 14.6 Å². The number of nitrogens with one attached hydrogen (secondary N) is 1. The number of amides is 1. The standard InChI is InChI=1S/C22H29N3O5S/c1-14-9-16(7-8-20(14)31(2,29)30)17(10-15-5-3-4-6-15)22(28)25-21-12-23-18(11-24-21)19(27)13-26/h7-9,11-12,15,17,19,26-27H,3-6,10,13H2,1-2H3,(H,24,25,28)/t17-,19+/m1/s1. The van der Waals surface area contributed by atoms with Crippen molar-refractivity contribution in [2.24, 2.45) is 5.92 Å². The second kappa shape index (κ2) is 9.84. The van der Waals surface area contributed by atoms with Gasteiger partial charge < -0.3 is 15.5 Å². The van der Waals surface area contributed by atoms with Gasteiger partial charge in [-0.15, -0.1) is 0 Å². The van der Waals surface area contributed by atoms with Gasteiger partial charge in [0.25, 0.3) is 0 Å². The molecule has 31 heavy (non-hydrogen) atoms. The molecule has 2 atom stereocenters. The first-order valence-electron chi connectivity index (χ1n) is 10.4. The number of benzene rings is 1. The second-order valence-corrected chi connectivity index (χ2v) is 10.2. The van der Waals surface area contributed by atoms with Gasteiger partial charge in [0.2, 0.25) is 5.91 Å². The minimum atomic E-state index is -3.34. The first kappa shape index (κ1) is 23.3. The average molecular weight is 448 g/mol. The molecule has 1 aromatic carbocycles. The molecule has 168 valence electrons. The van der Waals surface area contributed by atoms with Crippen molar-refractivity contribution in [2.45, 2.75) is 55.9 Å². The zero-order valence-corrected chi connectivity index (χ0v) is 18.6. The maximum Gasteiger partial charge on any atom is 0.233 e. The molecule has 9 heteroatoms. The van der Waals surface area contributed by atoms with Crippen LogP contribution in [0.15, 0.2) is 35.5 Å². The van der Waals surface area contributed by atoms with Gasteiger partial charge in [0, 0.05) is 6.26 Å². The summed E-state index contributed by atoms with van der Waals surface area (Å²) in [6.45, 7) is 1.27. The Morgan fingerprint density at radius 3 is 2.48 bits per heavy atom. The normalized spacial score (nSPS) is 16.8. The third-order valence-corrected chi connectivity index (χ3v) is 7.06. The molecule has 2 aromatic rings. The van der Waals surface area contributed by atoms with Crippen LogP contribution in [0.1, 0.15) is 60.9 Å². The number of aliphatic hydroxyl groups is 2. The summed E-state index contributed by atoms with van der Waals surface area (Å²) in [6.07, 6.45) is 7.87. The fourth-order valence-corrected chi connectivity index (χ4v) is 5.12. The Hall–Kier alpha value is -2.36. The lowest BCUT2D eigenvalue weighted by Gasteiger charge is -2.21. The number of aliphatic hydroxyl groups excluding tert-OH is 2. The summed E-state index contributed by atoms with van der Waals surface area (Å²) in [6, 6.07) is 5.07. The van der Waals surface area contributed by atoms with Gasteiger partial charge in [-0.05, 0) is 36.5 Å². The van der Waals surface area contributed by atoms with Crippen molar-refractivity contribution in [3.05, 3.63) is 47.4 Å². The number of hydrogen-bond acceptors (Lipinski definition) is 7. The van der Waals surface area contributed by atoms with E-state index in [2.05, 4.69) is 15.3 Å². The molecular formula is C22H29N3O5S. The molecule has 0 aliphatic heterocycles. The number of sulfone groups is 1. The van der Waals surface area contributed by atoms with Gasteiger partial charge in [-0.3, -0.25) is 9.78 Å². The van der Waals surface area contributed by atoms with Gasteiger partial charge in [-0.1, -0.05) is 37.8 Å². The molecule has 1 aromatic heterocycles. The van der Waals surface area contributed by atoms with Crippen molar-refractivity contribution in [3.8, 4) is 0 Å². The zero-order chi connectivity index (χ0) is 22.6. The highest BCUT2D eigenvalue weighted by atomic mass is 32.2. The third-order valence-electron chi connectivity index (χ3n) is 5.80. The van der Waals surface area contributed by atoms with Gasteiger partial charge in [0.05, 0.1) is 35.5 Å². The van der Waals surface area contributed by atoms with Crippen LogP contribution in [0, 0.1) is 12.8 Å². The molecule has 0 unspecified atom stereocenters. The summed E-state index contributed by atoms with van der Waals surface area (Å²) < 4.78 is 23.9. The van der Waals surface area contributed by atoms with E-state index in [0.717, 1.165) is 31.2 Å². The molecule has 1 fully saturated rings. The summed E-state index contributed by atoms with van der Waals surface area (Å²) in [4.78, 5) is 21.6. The Morgan fingerprint density at radius 1 is 1.23 bits per heavy atom. The topological polar surface area (TPSA) is 129 Å². The summed E-state index contributed by atoms with van der Waals surface area (Å²) in [5.74, 6) is 0.0154. The van der Waals surface area contributed by atoms with E-state index < -0.39 is 28.5 Å². The lowest BCUT2D eigenvalue weighted by Crippen LogP contribution is -2.24. The highest BCUT2D eigenvalue weighted by Gasteiger charge is 2.28. The molecule has 0 radical (unpaired) electrons. The number of aromatic nitrogens is 2. The number of aryl methyl sites for hydroxylation is 1. The monoisotopic (exact) mass is 447 g/mol. The van der Waals surface area contributed by atoms with Crippen molar-refractivity contribution >= 4 is 21.6 Å². The van der Waals surface area contributed by atoms with Crippen LogP contribution in [-0.4, -0.2) is 47.4 Å². The number of carbonyl (C=O) groups excluding carboxylic acids is 1. The molecule has 0 saturated heterocycles. The van der Waals surface area contributed by atoms with E-state index in [1.165, 1.54) is 18.6 Å². The highest BCUT2D eigenvalue weighted by molar-refractivity contribution is 7.90. The Balaban J connectivity index is 1.84. The fraction of sp³-hybridized carbons (Fsp3) is 0.500. The first-order chi connectivity index (χ1) is 14.7. The van der Waals surface area contributed by atoms with E-state index in [9.17, 15) is 18.3 Å². The molecule has 1 amide bonds. The molecule has 0 bridgehead atoms. The van der Waals surface area contributed by atoms with E-state index in [-0.39, 0.29) is 22.3 Å². The molecule has 1 aliphatic carbocycles. The van der Waals surface area contributed by atoms with Gasteiger partial charge in [-0.25, -0.2) is 13.4 Å². The molecular weight excluding hydrogens is 418 g/mol. The third kappa shape index (κ3) is 5.87. The van der Waals surface area contributed by atoms with Gasteiger partial charge in [-0.2, -0.15) is 0 Å². The van der Waals surface area contributed by atoms with E-state index in [1.54, 1.807) is 25.1 Å². The van der Waals surface area contributed by atoms with Crippen LogP contribution in [0.3, 0.4) is 0 Å². The van der Waals surface area contributed by atoms with Gasteiger partial charge in [0.15, 0.2) is 15.7 Å². The van der Waals surface area contributed by atoms with E-state index in [4.69, 9.17) is 5.11 Å². The van der Waals surface area contributed by atoms with Crippen LogP contribution in [0.5, 0.6) is 0 Å². The zero-order valence-electron chi connectivity index (χ0n) is 17.8. The molecule has 3 N–H and O–H groups in total. The van der Waals surface area contributed by atoms with Crippen molar-refractivity contribution in [3.63, 3.8) is 0 Å². The van der Waals surface area contributed by atoms with Crippen LogP contribution in [0.4, 0.5) is 5.82 Å². The Bertz CT molecular complexity index is 1020. The number of carbonyl (C=O) groups is 1. The molecule has 1 aliphatic rings. The summed E-state index contributed by atoms with van der Waals surface area (Å²) in [7, 11) is -3.34. The highest BCUT2D eigenvalue weighted by Crippen LogP contribution is 2.35. The van der Waals surface area contributed by atoms with Gasteiger partial charge >= 0.3 is 0 Å². The SMILES string of the molecule is Cc1cc([C@@H](CC2CCCC2)C(=O)Nc2cnc([C@@H](O)CO)cn2)ccc1S(C)(=O)=O. The fourth-order valence-electron chi connectivity index (χ4n) is 4.16. The van der Waals surface area contributed by atoms with E-state index in [0.29, 0.717) is 17.9 Å². The van der Waals surface area contributed by atoms with Crippen LogP contribution in [0.2, 0.25) is 0 Å². The van der Waals surface area contributed by atoms with Crippen molar-refractivity contribution in [1.82, 2.24) is 9.97 Å². The molecule has 0 spiro atoms. The molecule has 1 heterocycles. The minimum absolute atomic E-state index is 0.218. The maximum atomic E-state index is 13.2. The lowest BCUT2D eigenvalue weighted by atomic mass is 9.86. The minimum Gasteiger partial charge on any atom is -0.393 e. The van der Waals surface area contributed by atoms with E-state index >= 15 is 0 Å². The smallest absolute Gasteiger partial charge is 0.233 e. The molecule has 1 saturated carbocycles. The van der Waals surface area contributed by atoms with Crippen molar-refractivity contribution in [1.29, 1.82) is 0 Å². The summed E-state index contributed by atoms with van der Waals surface area (Å²) in [5.41, 5.74) is 1.61. The molecule has 8 nitrogen and oxygen atoms in total. The Morgan fingerprint density at radius 2 is 1.94 bits per heavy atom. The predicted molar refractivity (Wildman–Crippen MR) is 116 cm³/mol. The number of anilines is 1.